The molecule has 7 heteroatoms. The molecule has 0 radical (unpaired) electrons. The molecule has 2 aromatic rings. The highest BCUT2D eigenvalue weighted by Gasteiger charge is 2.26. The maximum atomic E-state index is 12.6. The first-order valence-corrected chi connectivity index (χ1v) is 9.86. The molecule has 2 heterocycles. The van der Waals surface area contributed by atoms with Crippen LogP contribution in [0.15, 0.2) is 41.4 Å². The number of halogens is 2. The highest BCUT2D eigenvalue weighted by Crippen LogP contribution is 2.28. The van der Waals surface area contributed by atoms with Crippen LogP contribution in [-0.2, 0) is 16.4 Å². The van der Waals surface area contributed by atoms with Crippen LogP contribution in [0.25, 0.3) is 0 Å². The molecule has 1 aliphatic rings. The molecule has 3 rings (SSSR count). The SMILES string of the molecule is CC1c2cccn2CCN1CCS(=O)(=O)c1cc(Cl)ccc1Cl. The van der Waals surface area contributed by atoms with Crippen LogP contribution < -0.4 is 0 Å². The minimum absolute atomic E-state index is 0.0259. The average molecular weight is 373 g/mol. The van der Waals surface area contributed by atoms with Gasteiger partial charge in [-0.05, 0) is 37.3 Å². The normalized spacial score (nSPS) is 18.8. The number of sulfone groups is 1. The minimum atomic E-state index is -3.47. The molecular formula is C16H18Cl2N2O2S. The third-order valence-electron chi connectivity index (χ3n) is 4.34. The Morgan fingerprint density at radius 2 is 2.00 bits per heavy atom. The summed E-state index contributed by atoms with van der Waals surface area (Å²) in [6.07, 6.45) is 2.06. The molecule has 0 bridgehead atoms. The fraction of sp³-hybridized carbons (Fsp3) is 0.375. The quantitative estimate of drug-likeness (QED) is 0.822. The summed E-state index contributed by atoms with van der Waals surface area (Å²) in [5.74, 6) is 0.0259. The molecule has 0 aliphatic carbocycles. The fourth-order valence-corrected chi connectivity index (χ4v) is 5.07. The standard InChI is InChI=1S/C16H18Cl2N2O2S/c1-12-15-3-2-6-20(15)8-7-19(12)9-10-23(21,22)16-11-13(17)4-5-14(16)18/h2-6,11-12H,7-10H2,1H3. The number of aromatic nitrogens is 1. The molecule has 1 aromatic carbocycles. The van der Waals surface area contributed by atoms with Crippen LogP contribution in [0.5, 0.6) is 0 Å². The smallest absolute Gasteiger partial charge is 0.181 e. The van der Waals surface area contributed by atoms with Crippen LogP contribution in [0.2, 0.25) is 10.0 Å². The van der Waals surface area contributed by atoms with Gasteiger partial charge in [0.2, 0.25) is 0 Å². The van der Waals surface area contributed by atoms with E-state index in [-0.39, 0.29) is 21.7 Å². The van der Waals surface area contributed by atoms with Crippen molar-refractivity contribution in [3.8, 4) is 0 Å². The molecule has 0 N–H and O–H groups in total. The maximum absolute atomic E-state index is 12.6. The lowest BCUT2D eigenvalue weighted by Gasteiger charge is -2.34. The lowest BCUT2D eigenvalue weighted by atomic mass is 10.1. The Hall–Kier alpha value is -1.01. The summed E-state index contributed by atoms with van der Waals surface area (Å²) < 4.78 is 27.4. The van der Waals surface area contributed by atoms with Crippen LogP contribution >= 0.6 is 23.2 Å². The van der Waals surface area contributed by atoms with Crippen molar-refractivity contribution in [1.29, 1.82) is 0 Å². The van der Waals surface area contributed by atoms with Gasteiger partial charge in [-0.3, -0.25) is 4.90 Å². The van der Waals surface area contributed by atoms with Gasteiger partial charge in [-0.2, -0.15) is 0 Å². The summed E-state index contributed by atoms with van der Waals surface area (Å²) in [4.78, 5) is 2.30. The van der Waals surface area contributed by atoms with Crippen molar-refractivity contribution in [2.75, 3.05) is 18.8 Å². The fourth-order valence-electron chi connectivity index (χ4n) is 3.00. The van der Waals surface area contributed by atoms with Gasteiger partial charge in [0.05, 0.1) is 15.7 Å². The first-order valence-electron chi connectivity index (χ1n) is 7.45. The van der Waals surface area contributed by atoms with Gasteiger partial charge in [-0.1, -0.05) is 23.2 Å². The van der Waals surface area contributed by atoms with Crippen LogP contribution in [0.3, 0.4) is 0 Å². The second-order valence-electron chi connectivity index (χ2n) is 5.73. The van der Waals surface area contributed by atoms with E-state index < -0.39 is 9.84 Å². The Kier molecular flexibility index (Phi) is 4.74. The first-order chi connectivity index (χ1) is 10.9. The summed E-state index contributed by atoms with van der Waals surface area (Å²) >= 11 is 11.9. The van der Waals surface area contributed by atoms with Crippen molar-refractivity contribution >= 4 is 33.0 Å². The number of fused-ring (bicyclic) bond motifs is 1. The summed E-state index contributed by atoms with van der Waals surface area (Å²) in [6.45, 7) is 4.29. The van der Waals surface area contributed by atoms with Gasteiger partial charge in [-0.25, -0.2) is 8.42 Å². The van der Waals surface area contributed by atoms with Crippen LogP contribution in [0.1, 0.15) is 18.7 Å². The molecule has 1 unspecified atom stereocenters. The number of hydrogen-bond acceptors (Lipinski definition) is 3. The zero-order chi connectivity index (χ0) is 16.6. The van der Waals surface area contributed by atoms with Crippen molar-refractivity contribution in [2.45, 2.75) is 24.4 Å². The van der Waals surface area contributed by atoms with E-state index in [0.717, 1.165) is 13.1 Å². The van der Waals surface area contributed by atoms with E-state index in [4.69, 9.17) is 23.2 Å². The van der Waals surface area contributed by atoms with E-state index in [1.807, 2.05) is 6.07 Å². The van der Waals surface area contributed by atoms with E-state index in [1.54, 1.807) is 6.07 Å². The van der Waals surface area contributed by atoms with E-state index in [0.29, 0.717) is 11.6 Å². The van der Waals surface area contributed by atoms with Crippen LogP contribution in [-0.4, -0.2) is 36.7 Å². The maximum Gasteiger partial charge on any atom is 0.181 e. The lowest BCUT2D eigenvalue weighted by molar-refractivity contribution is 0.179. The Balaban J connectivity index is 1.74. The summed E-state index contributed by atoms with van der Waals surface area (Å²) in [7, 11) is -3.47. The molecule has 1 aliphatic heterocycles. The molecular weight excluding hydrogens is 355 g/mol. The van der Waals surface area contributed by atoms with Crippen molar-refractivity contribution in [3.63, 3.8) is 0 Å². The van der Waals surface area contributed by atoms with Crippen LogP contribution in [0, 0.1) is 0 Å². The number of rotatable bonds is 4. The van der Waals surface area contributed by atoms with Gasteiger partial charge in [-0.15, -0.1) is 0 Å². The Bertz CT molecular complexity index is 817. The predicted octanol–water partition coefficient (Wildman–Crippen LogP) is 3.65. The van der Waals surface area contributed by atoms with Crippen molar-refractivity contribution in [1.82, 2.24) is 9.47 Å². The van der Waals surface area contributed by atoms with Gasteiger partial charge in [0.15, 0.2) is 9.84 Å². The number of hydrogen-bond donors (Lipinski definition) is 0. The third-order valence-corrected chi connectivity index (χ3v) is 6.75. The van der Waals surface area contributed by atoms with Crippen molar-refractivity contribution in [3.05, 3.63) is 52.3 Å². The second kappa shape index (κ2) is 6.48. The number of nitrogens with zero attached hydrogens (tertiary/aromatic N) is 2. The monoisotopic (exact) mass is 372 g/mol. The van der Waals surface area contributed by atoms with Gasteiger partial charge < -0.3 is 4.57 Å². The summed E-state index contributed by atoms with van der Waals surface area (Å²) in [5, 5.41) is 0.590. The Labute approximate surface area is 146 Å². The molecule has 1 atom stereocenters. The minimum Gasteiger partial charge on any atom is -0.349 e. The van der Waals surface area contributed by atoms with Crippen LogP contribution in [0.4, 0.5) is 0 Å². The molecule has 1 aromatic heterocycles. The van der Waals surface area contributed by atoms with E-state index in [9.17, 15) is 8.42 Å². The highest BCUT2D eigenvalue weighted by atomic mass is 35.5. The largest absolute Gasteiger partial charge is 0.349 e. The molecule has 0 spiro atoms. The molecule has 4 nitrogen and oxygen atoms in total. The molecule has 0 saturated carbocycles. The molecule has 124 valence electrons. The van der Waals surface area contributed by atoms with E-state index in [1.165, 1.54) is 17.8 Å². The summed E-state index contributed by atoms with van der Waals surface area (Å²) in [6, 6.07) is 8.83. The Morgan fingerprint density at radius 1 is 1.22 bits per heavy atom. The molecule has 23 heavy (non-hydrogen) atoms. The van der Waals surface area contributed by atoms with Gasteiger partial charge in [0.25, 0.3) is 0 Å². The topological polar surface area (TPSA) is 42.3 Å². The van der Waals surface area contributed by atoms with Gasteiger partial charge >= 0.3 is 0 Å². The first kappa shape index (κ1) is 16.8. The zero-order valence-corrected chi connectivity index (χ0v) is 15.1. The second-order valence-corrected chi connectivity index (χ2v) is 8.65. The molecule has 0 amide bonds. The van der Waals surface area contributed by atoms with Crippen molar-refractivity contribution < 1.29 is 8.42 Å². The van der Waals surface area contributed by atoms with Crippen molar-refractivity contribution in [2.24, 2.45) is 0 Å². The Morgan fingerprint density at radius 3 is 2.78 bits per heavy atom. The predicted molar refractivity (Wildman–Crippen MR) is 92.9 cm³/mol. The zero-order valence-electron chi connectivity index (χ0n) is 12.7. The molecule has 0 fully saturated rings. The van der Waals surface area contributed by atoms with Gasteiger partial charge in [0.1, 0.15) is 0 Å². The molecule has 0 saturated heterocycles. The van der Waals surface area contributed by atoms with Gasteiger partial charge in [0, 0.05) is 42.6 Å². The lowest BCUT2D eigenvalue weighted by Crippen LogP contribution is -2.39. The highest BCUT2D eigenvalue weighted by molar-refractivity contribution is 7.91. The van der Waals surface area contributed by atoms with E-state index in [2.05, 4.69) is 28.7 Å². The van der Waals surface area contributed by atoms with E-state index >= 15 is 0 Å². The average Bonchev–Trinajstić information content (AvgIpc) is 2.98. The number of benzene rings is 1. The summed E-state index contributed by atoms with van der Waals surface area (Å²) in [5.41, 5.74) is 1.22. The third kappa shape index (κ3) is 3.43.